The number of anilines is 5. The Hall–Kier alpha value is -5.74. The fourth-order valence-electron chi connectivity index (χ4n) is 8.90. The van der Waals surface area contributed by atoms with Gasteiger partial charge in [-0.05, 0) is 77.1 Å². The SMILES string of the molecule is CC(=O)c1c(C)c2cnc(Nc3ccc(N4CCN(C(=O)CCCCCCCCC(=O)Nc5ccccc5C5OC5Nc5nc(C)c(C)s5)CC4)cn3)nc2n(C2CCCC2)c1=O. The van der Waals surface area contributed by atoms with Gasteiger partial charge in [0.15, 0.2) is 17.1 Å². The smallest absolute Gasteiger partial charge is 0.263 e. The molecule has 2 saturated heterocycles. The van der Waals surface area contributed by atoms with Gasteiger partial charge in [0.1, 0.15) is 17.6 Å². The molecule has 1 saturated carbocycles. The molecule has 0 spiro atoms. The van der Waals surface area contributed by atoms with Crippen molar-refractivity contribution in [2.75, 3.05) is 47.0 Å². The number of thiazole rings is 1. The molecule has 3 N–H and O–H groups in total. The lowest BCUT2D eigenvalue weighted by atomic mass is 10.0. The standard InChI is InChI=1S/C47H58N10O5S/c1-29-36-28-49-46(53-43(36)57(33-15-11-12-16-33)45(61)41(29)31(3)58)52-38-22-21-34(27-48-38)55-23-25-56(26-24-55)40(60)20-10-8-6-5-7-9-19-39(59)51-37-18-14-13-17-35(37)42-44(62-42)54-47-50-30(2)32(4)63-47/h13-14,17-18,21-22,27-28,33,42,44H,5-12,15-16,19-20,23-26H2,1-4H3,(H,50,54)(H,51,59)(H,48,49,52,53). The second-order valence-electron chi connectivity index (χ2n) is 17.0. The Bertz CT molecular complexity index is 2490. The third-order valence-corrected chi connectivity index (χ3v) is 13.6. The summed E-state index contributed by atoms with van der Waals surface area (Å²) in [5, 5.41) is 11.2. The number of nitrogens with one attached hydrogen (secondary N) is 3. The number of benzene rings is 1. The predicted octanol–water partition coefficient (Wildman–Crippen LogP) is 8.55. The van der Waals surface area contributed by atoms with E-state index >= 15 is 0 Å². The van der Waals surface area contributed by atoms with Gasteiger partial charge >= 0.3 is 0 Å². The fraction of sp³-hybridized carbons (Fsp3) is 0.489. The highest BCUT2D eigenvalue weighted by Crippen LogP contribution is 2.43. The number of para-hydroxylation sites is 1. The Morgan fingerprint density at radius 3 is 2.29 bits per heavy atom. The van der Waals surface area contributed by atoms with Gasteiger partial charge < -0.3 is 30.5 Å². The Balaban J connectivity index is 0.718. The van der Waals surface area contributed by atoms with E-state index in [1.54, 1.807) is 29.0 Å². The van der Waals surface area contributed by atoms with Crippen LogP contribution in [0.15, 0.2) is 53.6 Å². The molecule has 3 aliphatic rings. The zero-order chi connectivity index (χ0) is 44.0. The monoisotopic (exact) mass is 874 g/mol. The van der Waals surface area contributed by atoms with Crippen LogP contribution in [-0.2, 0) is 14.3 Å². The number of pyridine rings is 2. The zero-order valence-electron chi connectivity index (χ0n) is 36.7. The highest BCUT2D eigenvalue weighted by Gasteiger charge is 2.42. The Morgan fingerprint density at radius 2 is 1.59 bits per heavy atom. The molecule has 15 nitrogen and oxygen atoms in total. The molecule has 2 atom stereocenters. The molecule has 1 aromatic carbocycles. The molecule has 2 unspecified atom stereocenters. The molecule has 4 aromatic heterocycles. The van der Waals surface area contributed by atoms with Crippen molar-refractivity contribution in [2.24, 2.45) is 0 Å². The number of nitrogens with zero attached hydrogens (tertiary/aromatic N) is 7. The molecule has 0 bridgehead atoms. The number of Topliss-reactive ketones (excluding diaryl/α,β-unsaturated/α-hetero) is 1. The van der Waals surface area contributed by atoms with E-state index in [1.807, 2.05) is 54.4 Å². The van der Waals surface area contributed by atoms with Crippen LogP contribution in [0.4, 0.5) is 28.3 Å². The van der Waals surface area contributed by atoms with Crippen molar-refractivity contribution in [1.82, 2.24) is 29.4 Å². The molecule has 6 heterocycles. The fourth-order valence-corrected chi connectivity index (χ4v) is 9.74. The number of amides is 2. The predicted molar refractivity (Wildman–Crippen MR) is 247 cm³/mol. The van der Waals surface area contributed by atoms with Crippen LogP contribution in [0.1, 0.15) is 128 Å². The maximum atomic E-state index is 13.6. The first-order valence-corrected chi connectivity index (χ1v) is 23.3. The maximum Gasteiger partial charge on any atom is 0.263 e. The summed E-state index contributed by atoms with van der Waals surface area (Å²) in [6.07, 6.45) is 13.8. The minimum absolute atomic E-state index is 0.00491. The van der Waals surface area contributed by atoms with Crippen LogP contribution >= 0.6 is 11.3 Å². The number of carbonyl (C=O) groups is 3. The molecule has 16 heteroatoms. The van der Waals surface area contributed by atoms with E-state index < -0.39 is 0 Å². The number of aryl methyl sites for hydroxylation is 3. The van der Waals surface area contributed by atoms with Crippen molar-refractivity contribution in [1.29, 1.82) is 0 Å². The number of ketones is 1. The molecule has 1 aliphatic carbocycles. The number of hydrogen-bond acceptors (Lipinski definition) is 13. The molecule has 63 heavy (non-hydrogen) atoms. The number of unbranched alkanes of at least 4 members (excludes halogenated alkanes) is 5. The van der Waals surface area contributed by atoms with Crippen molar-refractivity contribution in [3.8, 4) is 0 Å². The van der Waals surface area contributed by atoms with Gasteiger partial charge in [-0.1, -0.05) is 56.7 Å². The van der Waals surface area contributed by atoms with Crippen LogP contribution in [0.5, 0.6) is 0 Å². The largest absolute Gasteiger partial charge is 0.367 e. The summed E-state index contributed by atoms with van der Waals surface area (Å²) in [6, 6.07) is 11.7. The van der Waals surface area contributed by atoms with Crippen LogP contribution in [0.3, 0.4) is 0 Å². The highest BCUT2D eigenvalue weighted by atomic mass is 32.1. The van der Waals surface area contributed by atoms with E-state index in [0.717, 1.165) is 105 Å². The zero-order valence-corrected chi connectivity index (χ0v) is 37.6. The van der Waals surface area contributed by atoms with Gasteiger partial charge in [-0.15, -0.1) is 11.3 Å². The lowest BCUT2D eigenvalue weighted by Gasteiger charge is -2.36. The molecule has 2 aliphatic heterocycles. The first kappa shape index (κ1) is 43.9. The average Bonchev–Trinajstić information content (AvgIpc) is 3.65. The molecular formula is C47H58N10O5S. The lowest BCUT2D eigenvalue weighted by molar-refractivity contribution is -0.131. The first-order valence-electron chi connectivity index (χ1n) is 22.5. The maximum absolute atomic E-state index is 13.6. The molecule has 5 aromatic rings. The number of piperazine rings is 1. The Labute approximate surface area is 372 Å². The van der Waals surface area contributed by atoms with Crippen molar-refractivity contribution in [3.05, 3.63) is 86.4 Å². The topological polar surface area (TPSA) is 180 Å². The van der Waals surface area contributed by atoms with E-state index in [0.29, 0.717) is 54.3 Å². The van der Waals surface area contributed by atoms with E-state index in [1.165, 1.54) is 11.8 Å². The van der Waals surface area contributed by atoms with E-state index in [9.17, 15) is 19.2 Å². The van der Waals surface area contributed by atoms with Crippen LogP contribution in [0, 0.1) is 20.8 Å². The third kappa shape index (κ3) is 10.4. The van der Waals surface area contributed by atoms with Gasteiger partial charge in [0.2, 0.25) is 17.8 Å². The normalized spacial score (nSPS) is 17.6. The minimum Gasteiger partial charge on any atom is -0.367 e. The molecule has 8 rings (SSSR count). The minimum atomic E-state index is -0.278. The van der Waals surface area contributed by atoms with Gasteiger partial charge in [-0.2, -0.15) is 4.98 Å². The molecular weight excluding hydrogens is 817 g/mol. The lowest BCUT2D eigenvalue weighted by Crippen LogP contribution is -2.48. The summed E-state index contributed by atoms with van der Waals surface area (Å²) in [7, 11) is 0. The van der Waals surface area contributed by atoms with Gasteiger partial charge in [0.25, 0.3) is 5.56 Å². The summed E-state index contributed by atoms with van der Waals surface area (Å²) in [4.78, 5) is 75.8. The third-order valence-electron chi connectivity index (χ3n) is 12.6. The second kappa shape index (κ2) is 19.8. The molecule has 0 radical (unpaired) electrons. The summed E-state index contributed by atoms with van der Waals surface area (Å²) in [5.41, 5.74) is 4.83. The highest BCUT2D eigenvalue weighted by molar-refractivity contribution is 7.15. The number of epoxide rings is 1. The van der Waals surface area contributed by atoms with Crippen LogP contribution < -0.4 is 26.4 Å². The van der Waals surface area contributed by atoms with Crippen LogP contribution in [0.25, 0.3) is 11.0 Å². The molecule has 332 valence electrons. The van der Waals surface area contributed by atoms with Crippen molar-refractivity contribution >= 4 is 68.2 Å². The molecule has 2 amide bonds. The summed E-state index contributed by atoms with van der Waals surface area (Å²) in [5.74, 6) is 0.879. The summed E-state index contributed by atoms with van der Waals surface area (Å²) >= 11 is 1.62. The number of carbonyl (C=O) groups excluding carboxylic acids is 3. The van der Waals surface area contributed by atoms with Crippen LogP contribution in [0.2, 0.25) is 0 Å². The quantitative estimate of drug-likeness (QED) is 0.0435. The Kier molecular flexibility index (Phi) is 13.8. The van der Waals surface area contributed by atoms with Gasteiger partial charge in [0, 0.05) is 72.8 Å². The first-order chi connectivity index (χ1) is 30.5. The number of fused-ring (bicyclic) bond motifs is 1. The molecule has 3 fully saturated rings. The number of rotatable bonds is 18. The summed E-state index contributed by atoms with van der Waals surface area (Å²) < 4.78 is 7.61. The van der Waals surface area contributed by atoms with Gasteiger partial charge in [0.05, 0.1) is 23.1 Å². The summed E-state index contributed by atoms with van der Waals surface area (Å²) in [6.45, 7) is 10.1. The van der Waals surface area contributed by atoms with Crippen LogP contribution in [-0.4, -0.2) is 79.4 Å². The number of hydrogen-bond donors (Lipinski definition) is 3. The number of ether oxygens (including phenoxy) is 1. The Morgan fingerprint density at radius 1 is 0.857 bits per heavy atom. The van der Waals surface area contributed by atoms with Gasteiger partial charge in [-0.25, -0.2) is 15.0 Å². The van der Waals surface area contributed by atoms with E-state index in [2.05, 4.69) is 42.7 Å². The average molecular weight is 875 g/mol. The van der Waals surface area contributed by atoms with Crippen molar-refractivity contribution < 1.29 is 19.1 Å². The van der Waals surface area contributed by atoms with E-state index in [-0.39, 0.29) is 47.1 Å². The van der Waals surface area contributed by atoms with Gasteiger partial charge in [-0.3, -0.25) is 23.7 Å². The van der Waals surface area contributed by atoms with E-state index in [4.69, 9.17) is 9.72 Å². The second-order valence-corrected chi connectivity index (χ2v) is 18.2. The number of aromatic nitrogens is 5. The van der Waals surface area contributed by atoms with Crippen molar-refractivity contribution in [3.63, 3.8) is 0 Å². The van der Waals surface area contributed by atoms with Crippen molar-refractivity contribution in [2.45, 2.75) is 123 Å².